The van der Waals surface area contributed by atoms with Gasteiger partial charge in [-0.05, 0) is 55.8 Å². The molecule has 1 aliphatic rings. The van der Waals surface area contributed by atoms with Crippen LogP contribution in [0.15, 0.2) is 48.5 Å². The third-order valence-electron chi connectivity index (χ3n) is 5.37. The summed E-state index contributed by atoms with van der Waals surface area (Å²) in [5.41, 5.74) is 2.78. The third-order valence-corrected chi connectivity index (χ3v) is 5.37. The molecule has 1 fully saturated rings. The summed E-state index contributed by atoms with van der Waals surface area (Å²) in [5, 5.41) is 5.43. The van der Waals surface area contributed by atoms with Crippen LogP contribution in [0.5, 0.6) is 5.75 Å². The second-order valence-electron chi connectivity index (χ2n) is 7.64. The molecule has 0 aromatic heterocycles. The van der Waals surface area contributed by atoms with Crippen molar-refractivity contribution in [2.45, 2.75) is 18.9 Å². The second kappa shape index (κ2) is 10.1. The maximum atomic E-state index is 12.4. The molecule has 0 radical (unpaired) electrons. The monoisotopic (exact) mass is 410 g/mol. The molecule has 0 aliphatic carbocycles. The summed E-state index contributed by atoms with van der Waals surface area (Å²) in [5.74, 6) is -0.721. The van der Waals surface area contributed by atoms with Gasteiger partial charge in [0.2, 0.25) is 0 Å². The molecule has 1 aliphatic heterocycles. The molecule has 1 heterocycles. The zero-order valence-electron chi connectivity index (χ0n) is 17.9. The highest BCUT2D eigenvalue weighted by atomic mass is 16.5. The molecule has 1 atom stereocenters. The number of nitrogens with zero attached hydrogens (tertiary/aromatic N) is 2. The first-order chi connectivity index (χ1) is 14.5. The van der Waals surface area contributed by atoms with E-state index in [2.05, 4.69) is 44.7 Å². The average Bonchev–Trinajstić information content (AvgIpc) is 3.28. The van der Waals surface area contributed by atoms with E-state index in [1.54, 1.807) is 31.4 Å². The zero-order chi connectivity index (χ0) is 21.5. The summed E-state index contributed by atoms with van der Waals surface area (Å²) in [6, 6.07) is 15.3. The number of nitrogens with one attached hydrogen (secondary N) is 2. The number of carbonyl (C=O) groups is 2. The lowest BCUT2D eigenvalue weighted by molar-refractivity contribution is -0.136. The number of likely N-dealkylation sites (tertiary alicyclic amines) is 1. The van der Waals surface area contributed by atoms with E-state index in [1.807, 2.05) is 14.1 Å². The highest BCUT2D eigenvalue weighted by molar-refractivity contribution is 6.39. The number of methoxy groups -OCH3 is 1. The quantitative estimate of drug-likeness (QED) is 0.687. The molecule has 3 rings (SSSR count). The predicted molar refractivity (Wildman–Crippen MR) is 119 cm³/mol. The standard InChI is InChI=1S/C23H30N4O3/c1-26(2)19-11-9-17(10-12-19)21(27-13-4-5-14-27)16-24-22(28)23(29)25-18-7-6-8-20(15-18)30-3/h6-12,15,21H,4-5,13-14,16H2,1-3H3,(H,24,28)(H,25,29)/t21-/m0/s1. The van der Waals surface area contributed by atoms with Crippen LogP contribution in [0.4, 0.5) is 11.4 Å². The first-order valence-electron chi connectivity index (χ1n) is 10.2. The molecule has 7 nitrogen and oxygen atoms in total. The van der Waals surface area contributed by atoms with Crippen molar-refractivity contribution in [3.63, 3.8) is 0 Å². The average molecular weight is 411 g/mol. The molecular formula is C23H30N4O3. The molecule has 0 saturated carbocycles. The fourth-order valence-corrected chi connectivity index (χ4v) is 3.66. The first-order valence-corrected chi connectivity index (χ1v) is 10.2. The lowest BCUT2D eigenvalue weighted by Gasteiger charge is -2.28. The maximum Gasteiger partial charge on any atom is 0.313 e. The van der Waals surface area contributed by atoms with Crippen molar-refractivity contribution in [1.29, 1.82) is 0 Å². The van der Waals surface area contributed by atoms with Crippen LogP contribution >= 0.6 is 0 Å². The van der Waals surface area contributed by atoms with Crippen LogP contribution in [0.3, 0.4) is 0 Å². The van der Waals surface area contributed by atoms with Crippen LogP contribution in [0.2, 0.25) is 0 Å². The van der Waals surface area contributed by atoms with Crippen molar-refractivity contribution in [1.82, 2.24) is 10.2 Å². The van der Waals surface area contributed by atoms with Gasteiger partial charge in [0.1, 0.15) is 5.75 Å². The first kappa shape index (κ1) is 21.6. The summed E-state index contributed by atoms with van der Waals surface area (Å²) in [6.07, 6.45) is 2.30. The second-order valence-corrected chi connectivity index (χ2v) is 7.64. The molecule has 2 amide bonds. The van der Waals surface area contributed by atoms with Crippen molar-refractivity contribution in [3.05, 3.63) is 54.1 Å². The molecule has 0 spiro atoms. The number of benzene rings is 2. The number of anilines is 2. The van der Waals surface area contributed by atoms with Gasteiger partial charge in [-0.15, -0.1) is 0 Å². The van der Waals surface area contributed by atoms with Gasteiger partial charge in [0, 0.05) is 38.1 Å². The molecule has 30 heavy (non-hydrogen) atoms. The molecule has 2 aromatic rings. The Balaban J connectivity index is 1.64. The summed E-state index contributed by atoms with van der Waals surface area (Å²) in [7, 11) is 5.57. The molecule has 2 aromatic carbocycles. The van der Waals surface area contributed by atoms with E-state index in [-0.39, 0.29) is 6.04 Å². The van der Waals surface area contributed by atoms with Gasteiger partial charge in [0.05, 0.1) is 13.2 Å². The minimum absolute atomic E-state index is 0.0391. The number of rotatable bonds is 7. The van der Waals surface area contributed by atoms with Crippen LogP contribution in [0, 0.1) is 0 Å². The summed E-state index contributed by atoms with van der Waals surface area (Å²) in [4.78, 5) is 29.2. The van der Waals surface area contributed by atoms with E-state index >= 15 is 0 Å². The summed E-state index contributed by atoms with van der Waals surface area (Å²) >= 11 is 0. The number of hydrogen-bond donors (Lipinski definition) is 2. The van der Waals surface area contributed by atoms with Gasteiger partial charge in [-0.25, -0.2) is 0 Å². The van der Waals surface area contributed by atoms with E-state index in [4.69, 9.17) is 4.74 Å². The Kier molecular flexibility index (Phi) is 7.30. The maximum absolute atomic E-state index is 12.4. The van der Waals surface area contributed by atoms with Crippen molar-refractivity contribution in [2.75, 3.05) is 51.1 Å². The normalized spacial score (nSPS) is 14.8. The minimum atomic E-state index is -0.689. The fourth-order valence-electron chi connectivity index (χ4n) is 3.66. The van der Waals surface area contributed by atoms with Gasteiger partial charge in [-0.3, -0.25) is 14.5 Å². The Morgan fingerprint density at radius 3 is 2.40 bits per heavy atom. The van der Waals surface area contributed by atoms with E-state index in [9.17, 15) is 9.59 Å². The van der Waals surface area contributed by atoms with Gasteiger partial charge in [-0.2, -0.15) is 0 Å². The van der Waals surface area contributed by atoms with Crippen LogP contribution in [0.1, 0.15) is 24.4 Å². The highest BCUT2D eigenvalue weighted by Crippen LogP contribution is 2.26. The van der Waals surface area contributed by atoms with Crippen LogP contribution in [-0.2, 0) is 9.59 Å². The molecule has 0 bridgehead atoms. The smallest absolute Gasteiger partial charge is 0.313 e. The minimum Gasteiger partial charge on any atom is -0.497 e. The van der Waals surface area contributed by atoms with Gasteiger partial charge >= 0.3 is 11.8 Å². The lowest BCUT2D eigenvalue weighted by atomic mass is 10.0. The predicted octanol–water partition coefficient (Wildman–Crippen LogP) is 2.65. The number of hydrogen-bond acceptors (Lipinski definition) is 5. The Morgan fingerprint density at radius 1 is 1.07 bits per heavy atom. The Bertz CT molecular complexity index is 861. The lowest BCUT2D eigenvalue weighted by Crippen LogP contribution is -2.41. The Hall–Kier alpha value is -3.06. The molecular weight excluding hydrogens is 380 g/mol. The van der Waals surface area contributed by atoms with E-state index in [1.165, 1.54) is 0 Å². The van der Waals surface area contributed by atoms with E-state index in [0.717, 1.165) is 37.2 Å². The molecule has 1 saturated heterocycles. The molecule has 0 unspecified atom stereocenters. The van der Waals surface area contributed by atoms with Crippen molar-refractivity contribution >= 4 is 23.2 Å². The van der Waals surface area contributed by atoms with Gasteiger partial charge in [0.15, 0.2) is 0 Å². The number of amides is 2. The van der Waals surface area contributed by atoms with Crippen LogP contribution < -0.4 is 20.3 Å². The Morgan fingerprint density at radius 2 is 1.77 bits per heavy atom. The summed E-state index contributed by atoms with van der Waals surface area (Å²) in [6.45, 7) is 2.36. The SMILES string of the molecule is COc1cccc(NC(=O)C(=O)NC[C@@H](c2ccc(N(C)C)cc2)N2CCCC2)c1. The molecule has 7 heteroatoms. The van der Waals surface area contributed by atoms with E-state index in [0.29, 0.717) is 18.0 Å². The van der Waals surface area contributed by atoms with Gasteiger partial charge < -0.3 is 20.3 Å². The largest absolute Gasteiger partial charge is 0.497 e. The summed E-state index contributed by atoms with van der Waals surface area (Å²) < 4.78 is 5.14. The van der Waals surface area contributed by atoms with Crippen molar-refractivity contribution < 1.29 is 14.3 Å². The third kappa shape index (κ3) is 5.51. The number of carbonyl (C=O) groups excluding carboxylic acids is 2. The van der Waals surface area contributed by atoms with Crippen LogP contribution in [0.25, 0.3) is 0 Å². The van der Waals surface area contributed by atoms with Gasteiger partial charge in [0.25, 0.3) is 0 Å². The van der Waals surface area contributed by atoms with E-state index < -0.39 is 11.8 Å². The van der Waals surface area contributed by atoms with Crippen molar-refractivity contribution in [3.8, 4) is 5.75 Å². The fraction of sp³-hybridized carbons (Fsp3) is 0.391. The van der Waals surface area contributed by atoms with Gasteiger partial charge in [-0.1, -0.05) is 18.2 Å². The molecule has 2 N–H and O–H groups in total. The molecule has 160 valence electrons. The highest BCUT2D eigenvalue weighted by Gasteiger charge is 2.25. The topological polar surface area (TPSA) is 73.9 Å². The Labute approximate surface area is 178 Å². The van der Waals surface area contributed by atoms with Crippen LogP contribution in [-0.4, -0.2) is 57.6 Å². The van der Waals surface area contributed by atoms with Crippen molar-refractivity contribution in [2.24, 2.45) is 0 Å². The zero-order valence-corrected chi connectivity index (χ0v) is 17.9. The number of ether oxygens (including phenoxy) is 1.